The Hall–Kier alpha value is -1.89. The van der Waals surface area contributed by atoms with Gasteiger partial charge in [0.25, 0.3) is 0 Å². The van der Waals surface area contributed by atoms with Gasteiger partial charge in [-0.2, -0.15) is 13.2 Å². The van der Waals surface area contributed by atoms with Crippen LogP contribution in [0.4, 0.5) is 13.2 Å². The zero-order chi connectivity index (χ0) is 14.3. The van der Waals surface area contributed by atoms with Crippen molar-refractivity contribution >= 4 is 0 Å². The van der Waals surface area contributed by atoms with Crippen molar-refractivity contribution in [3.8, 4) is 11.4 Å². The van der Waals surface area contributed by atoms with Gasteiger partial charge in [-0.3, -0.25) is 0 Å². The maximum absolute atomic E-state index is 12.7. The van der Waals surface area contributed by atoms with E-state index in [0.29, 0.717) is 36.6 Å². The second-order valence-electron chi connectivity index (χ2n) is 4.82. The van der Waals surface area contributed by atoms with Crippen LogP contribution < -0.4 is 0 Å². The molecule has 4 nitrogen and oxygen atoms in total. The third-order valence-electron chi connectivity index (χ3n) is 3.37. The van der Waals surface area contributed by atoms with Gasteiger partial charge in [0.05, 0.1) is 18.2 Å². The van der Waals surface area contributed by atoms with E-state index in [1.165, 1.54) is 6.07 Å². The number of nitrogens with zero attached hydrogens (tertiary/aromatic N) is 3. The first-order valence-electron chi connectivity index (χ1n) is 6.23. The molecule has 1 aliphatic rings. The maximum Gasteiger partial charge on any atom is 0.416 e. The summed E-state index contributed by atoms with van der Waals surface area (Å²) in [5, 5.41) is 17.6. The average molecular weight is 283 g/mol. The molecule has 106 valence electrons. The third-order valence-corrected chi connectivity index (χ3v) is 3.37. The monoisotopic (exact) mass is 283 g/mol. The fourth-order valence-corrected chi connectivity index (χ4v) is 2.36. The summed E-state index contributed by atoms with van der Waals surface area (Å²) in [5.41, 5.74) is -0.364. The summed E-state index contributed by atoms with van der Waals surface area (Å²) in [6.07, 6.45) is -3.73. The Morgan fingerprint density at radius 2 is 2.05 bits per heavy atom. The highest BCUT2D eigenvalue weighted by Gasteiger charge is 2.31. The van der Waals surface area contributed by atoms with Crippen molar-refractivity contribution < 1.29 is 18.3 Å². The van der Waals surface area contributed by atoms with Crippen LogP contribution in [0.1, 0.15) is 17.8 Å². The Morgan fingerprint density at radius 1 is 1.25 bits per heavy atom. The van der Waals surface area contributed by atoms with E-state index < -0.39 is 17.8 Å². The molecule has 0 aliphatic carbocycles. The molecule has 1 atom stereocenters. The number of aromatic nitrogens is 3. The molecule has 0 saturated heterocycles. The second-order valence-corrected chi connectivity index (χ2v) is 4.82. The smallest absolute Gasteiger partial charge is 0.391 e. The zero-order valence-electron chi connectivity index (χ0n) is 10.4. The summed E-state index contributed by atoms with van der Waals surface area (Å²) < 4.78 is 39.9. The molecular formula is C13H12F3N3O. The van der Waals surface area contributed by atoms with Gasteiger partial charge >= 0.3 is 6.18 Å². The molecule has 20 heavy (non-hydrogen) atoms. The minimum Gasteiger partial charge on any atom is -0.391 e. The summed E-state index contributed by atoms with van der Waals surface area (Å²) in [6, 6.07) is 4.98. The van der Waals surface area contributed by atoms with Gasteiger partial charge in [0.1, 0.15) is 5.82 Å². The standard InChI is InChI=1S/C13H12F3N3O/c14-13(15,16)9-3-1-2-8(6-9)12-18-17-11-5-4-10(20)7-19(11)12/h1-3,6,10,20H,4-5,7H2. The number of aryl methyl sites for hydroxylation is 1. The van der Waals surface area contributed by atoms with Crippen molar-refractivity contribution in [3.05, 3.63) is 35.7 Å². The summed E-state index contributed by atoms with van der Waals surface area (Å²) >= 11 is 0. The van der Waals surface area contributed by atoms with Crippen LogP contribution in [-0.4, -0.2) is 26.0 Å². The lowest BCUT2D eigenvalue weighted by Gasteiger charge is -2.20. The number of aliphatic hydroxyl groups is 1. The molecule has 0 fully saturated rings. The van der Waals surface area contributed by atoms with E-state index in [4.69, 9.17) is 0 Å². The van der Waals surface area contributed by atoms with Crippen molar-refractivity contribution in [2.75, 3.05) is 0 Å². The molecule has 0 radical (unpaired) electrons. The van der Waals surface area contributed by atoms with Crippen LogP contribution in [0.5, 0.6) is 0 Å². The molecule has 0 amide bonds. The summed E-state index contributed by atoms with van der Waals surface area (Å²) in [7, 11) is 0. The van der Waals surface area contributed by atoms with Crippen LogP contribution in [0.2, 0.25) is 0 Å². The molecule has 0 bridgehead atoms. The van der Waals surface area contributed by atoms with Crippen molar-refractivity contribution in [2.24, 2.45) is 0 Å². The van der Waals surface area contributed by atoms with Crippen molar-refractivity contribution in [3.63, 3.8) is 0 Å². The summed E-state index contributed by atoms with van der Waals surface area (Å²) in [4.78, 5) is 0. The number of fused-ring (bicyclic) bond motifs is 1. The average Bonchev–Trinajstić information content (AvgIpc) is 2.81. The molecule has 1 aromatic heterocycles. The van der Waals surface area contributed by atoms with Crippen LogP contribution in [0, 0.1) is 0 Å². The number of hydrogen-bond donors (Lipinski definition) is 1. The molecule has 1 aliphatic heterocycles. The lowest BCUT2D eigenvalue weighted by atomic mass is 10.1. The van der Waals surface area contributed by atoms with Gasteiger partial charge in [-0.25, -0.2) is 0 Å². The lowest BCUT2D eigenvalue weighted by Crippen LogP contribution is -2.24. The number of aliphatic hydroxyl groups excluding tert-OH is 1. The molecule has 1 N–H and O–H groups in total. The molecule has 0 saturated carbocycles. The third kappa shape index (κ3) is 2.29. The van der Waals surface area contributed by atoms with E-state index in [1.807, 2.05) is 0 Å². The molecule has 3 rings (SSSR count). The molecular weight excluding hydrogens is 271 g/mol. The quantitative estimate of drug-likeness (QED) is 0.873. The number of rotatable bonds is 1. The molecule has 0 spiro atoms. The maximum atomic E-state index is 12.7. The highest BCUT2D eigenvalue weighted by molar-refractivity contribution is 5.57. The van der Waals surface area contributed by atoms with E-state index in [1.54, 1.807) is 10.6 Å². The van der Waals surface area contributed by atoms with Crippen molar-refractivity contribution in [1.29, 1.82) is 0 Å². The van der Waals surface area contributed by atoms with Crippen LogP contribution in [-0.2, 0) is 19.1 Å². The van der Waals surface area contributed by atoms with Gasteiger partial charge in [-0.1, -0.05) is 12.1 Å². The predicted octanol–water partition coefficient (Wildman–Crippen LogP) is 2.27. The topological polar surface area (TPSA) is 50.9 Å². The Bertz CT molecular complexity index is 636. The number of benzene rings is 1. The normalized spacial score (nSPS) is 18.9. The van der Waals surface area contributed by atoms with Gasteiger partial charge < -0.3 is 9.67 Å². The van der Waals surface area contributed by atoms with E-state index in [-0.39, 0.29) is 0 Å². The van der Waals surface area contributed by atoms with Gasteiger partial charge in [-0.15, -0.1) is 10.2 Å². The fraction of sp³-hybridized carbons (Fsp3) is 0.385. The van der Waals surface area contributed by atoms with E-state index in [2.05, 4.69) is 10.2 Å². The number of alkyl halides is 3. The molecule has 1 aromatic carbocycles. The number of halogens is 3. The fourth-order valence-electron chi connectivity index (χ4n) is 2.36. The lowest BCUT2D eigenvalue weighted by molar-refractivity contribution is -0.137. The summed E-state index contributed by atoms with van der Waals surface area (Å²) in [5.74, 6) is 1.06. The zero-order valence-corrected chi connectivity index (χ0v) is 10.4. The van der Waals surface area contributed by atoms with E-state index in [9.17, 15) is 18.3 Å². The Morgan fingerprint density at radius 3 is 2.80 bits per heavy atom. The Balaban J connectivity index is 2.04. The highest BCUT2D eigenvalue weighted by Crippen LogP contribution is 2.32. The SMILES string of the molecule is OC1CCc2nnc(-c3cccc(C(F)(F)F)c3)n2C1. The first-order chi connectivity index (χ1) is 9.45. The van der Waals surface area contributed by atoms with Gasteiger partial charge in [0.2, 0.25) is 0 Å². The van der Waals surface area contributed by atoms with Gasteiger partial charge in [0, 0.05) is 12.0 Å². The van der Waals surface area contributed by atoms with E-state index in [0.717, 1.165) is 12.1 Å². The first kappa shape index (κ1) is 13.1. The van der Waals surface area contributed by atoms with Crippen LogP contribution in [0.25, 0.3) is 11.4 Å². The first-order valence-corrected chi connectivity index (χ1v) is 6.23. The van der Waals surface area contributed by atoms with Gasteiger partial charge in [0.15, 0.2) is 5.82 Å². The molecule has 2 aromatic rings. The van der Waals surface area contributed by atoms with Gasteiger partial charge in [-0.05, 0) is 18.6 Å². The molecule has 7 heteroatoms. The van der Waals surface area contributed by atoms with Crippen LogP contribution in [0.3, 0.4) is 0 Å². The predicted molar refractivity (Wildman–Crippen MR) is 64.8 cm³/mol. The highest BCUT2D eigenvalue weighted by atomic mass is 19.4. The summed E-state index contributed by atoms with van der Waals surface area (Å²) in [6.45, 7) is 0.313. The second kappa shape index (κ2) is 4.59. The van der Waals surface area contributed by atoms with E-state index >= 15 is 0 Å². The minimum absolute atomic E-state index is 0.313. The van der Waals surface area contributed by atoms with Crippen LogP contribution >= 0.6 is 0 Å². The number of hydrogen-bond acceptors (Lipinski definition) is 3. The largest absolute Gasteiger partial charge is 0.416 e. The van der Waals surface area contributed by atoms with Crippen LogP contribution in [0.15, 0.2) is 24.3 Å². The Labute approximate surface area is 112 Å². The molecule has 1 unspecified atom stereocenters. The van der Waals surface area contributed by atoms with Crippen molar-refractivity contribution in [2.45, 2.75) is 31.7 Å². The minimum atomic E-state index is -4.39. The Kier molecular flexibility index (Phi) is 3.01. The molecule has 2 heterocycles. The van der Waals surface area contributed by atoms with Crippen molar-refractivity contribution in [1.82, 2.24) is 14.8 Å².